The zero-order valence-electron chi connectivity index (χ0n) is 6.27. The van der Waals surface area contributed by atoms with Crippen molar-refractivity contribution >= 4 is 12.4 Å². The summed E-state index contributed by atoms with van der Waals surface area (Å²) in [7, 11) is 1.84. The van der Waals surface area contributed by atoms with Gasteiger partial charge in [-0.2, -0.15) is 0 Å². The molecule has 3 heteroatoms. The minimum absolute atomic E-state index is 0. The predicted octanol–water partition coefficient (Wildman–Crippen LogP) is 1.91. The quantitative estimate of drug-likeness (QED) is 0.629. The van der Waals surface area contributed by atoms with Crippen LogP contribution in [0.25, 0.3) is 0 Å². The lowest BCUT2D eigenvalue weighted by atomic mass is 9.94. The van der Waals surface area contributed by atoms with Gasteiger partial charge in [0.2, 0.25) is 0 Å². The van der Waals surface area contributed by atoms with E-state index in [-0.39, 0.29) is 18.4 Å². The van der Waals surface area contributed by atoms with Crippen molar-refractivity contribution in [2.45, 2.75) is 37.9 Å². The third-order valence-electron chi connectivity index (χ3n) is 2.05. The molecule has 1 saturated carbocycles. The van der Waals surface area contributed by atoms with Gasteiger partial charge in [-0.3, -0.25) is 0 Å². The van der Waals surface area contributed by atoms with Crippen molar-refractivity contribution < 1.29 is 4.39 Å². The smallest absolute Gasteiger partial charge is 0.115 e. The van der Waals surface area contributed by atoms with Gasteiger partial charge in [-0.05, 0) is 19.9 Å². The fourth-order valence-electron chi connectivity index (χ4n) is 1.41. The van der Waals surface area contributed by atoms with Gasteiger partial charge in [0, 0.05) is 6.04 Å². The zero-order valence-corrected chi connectivity index (χ0v) is 7.09. The van der Waals surface area contributed by atoms with E-state index >= 15 is 0 Å². The number of halogens is 2. The van der Waals surface area contributed by atoms with E-state index in [2.05, 4.69) is 5.32 Å². The van der Waals surface area contributed by atoms with E-state index in [9.17, 15) is 4.39 Å². The summed E-state index contributed by atoms with van der Waals surface area (Å²) in [5.74, 6) is 0. The Kier molecular flexibility index (Phi) is 5.00. The van der Waals surface area contributed by atoms with Gasteiger partial charge < -0.3 is 5.32 Å². The third kappa shape index (κ3) is 2.43. The first-order valence-corrected chi connectivity index (χ1v) is 3.66. The standard InChI is InChI=1S/C7H14FN.ClH/c1-9-7-5-3-2-4-6(7)8;/h6-7,9H,2-5H2,1H3;1H. The molecular weight excluding hydrogens is 153 g/mol. The molecule has 1 nitrogen and oxygen atoms in total. The second-order valence-corrected chi connectivity index (χ2v) is 2.70. The molecule has 1 aliphatic rings. The fourth-order valence-corrected chi connectivity index (χ4v) is 1.41. The van der Waals surface area contributed by atoms with Crippen LogP contribution in [0.1, 0.15) is 25.7 Å². The van der Waals surface area contributed by atoms with Crippen LogP contribution in [-0.4, -0.2) is 19.3 Å². The summed E-state index contributed by atoms with van der Waals surface area (Å²) in [6.07, 6.45) is 3.43. The normalized spacial score (nSPS) is 33.0. The molecule has 0 amide bonds. The summed E-state index contributed by atoms with van der Waals surface area (Å²) in [6, 6.07) is 0.138. The van der Waals surface area contributed by atoms with Crippen molar-refractivity contribution in [2.24, 2.45) is 0 Å². The molecule has 10 heavy (non-hydrogen) atoms. The van der Waals surface area contributed by atoms with Gasteiger partial charge in [-0.1, -0.05) is 12.8 Å². The lowest BCUT2D eigenvalue weighted by Crippen LogP contribution is -2.37. The van der Waals surface area contributed by atoms with Crippen LogP contribution in [0.5, 0.6) is 0 Å². The van der Waals surface area contributed by atoms with Gasteiger partial charge in [0.05, 0.1) is 0 Å². The largest absolute Gasteiger partial charge is 0.314 e. The fraction of sp³-hybridized carbons (Fsp3) is 1.00. The molecule has 0 spiro atoms. The Morgan fingerprint density at radius 2 is 1.90 bits per heavy atom. The number of nitrogens with one attached hydrogen (secondary N) is 1. The summed E-state index contributed by atoms with van der Waals surface area (Å²) in [6.45, 7) is 0. The van der Waals surface area contributed by atoms with Crippen LogP contribution in [0, 0.1) is 0 Å². The second kappa shape index (κ2) is 4.91. The van der Waals surface area contributed by atoms with Crippen molar-refractivity contribution in [3.8, 4) is 0 Å². The molecule has 0 saturated heterocycles. The maximum Gasteiger partial charge on any atom is 0.115 e. The monoisotopic (exact) mass is 167 g/mol. The Hall–Kier alpha value is 0.180. The molecule has 1 N–H and O–H groups in total. The van der Waals surface area contributed by atoms with Gasteiger partial charge in [0.25, 0.3) is 0 Å². The van der Waals surface area contributed by atoms with E-state index in [1.54, 1.807) is 0 Å². The Balaban J connectivity index is 0.000000810. The number of rotatable bonds is 1. The first kappa shape index (κ1) is 10.2. The van der Waals surface area contributed by atoms with E-state index in [4.69, 9.17) is 0 Å². The number of hydrogen-bond donors (Lipinski definition) is 1. The molecule has 2 atom stereocenters. The van der Waals surface area contributed by atoms with E-state index < -0.39 is 6.17 Å². The van der Waals surface area contributed by atoms with Crippen LogP contribution in [0.15, 0.2) is 0 Å². The zero-order chi connectivity index (χ0) is 6.69. The maximum absolute atomic E-state index is 12.8. The average molecular weight is 168 g/mol. The molecule has 0 aromatic heterocycles. The lowest BCUT2D eigenvalue weighted by Gasteiger charge is -2.24. The molecule has 2 unspecified atom stereocenters. The van der Waals surface area contributed by atoms with E-state index in [1.165, 1.54) is 6.42 Å². The Bertz CT molecular complexity index is 89.7. The van der Waals surface area contributed by atoms with Crippen LogP contribution in [0.2, 0.25) is 0 Å². The molecule has 1 rings (SSSR count). The van der Waals surface area contributed by atoms with Crippen molar-refractivity contribution in [3.05, 3.63) is 0 Å². The van der Waals surface area contributed by atoms with E-state index in [0.29, 0.717) is 0 Å². The number of hydrogen-bond acceptors (Lipinski definition) is 1. The first-order valence-electron chi connectivity index (χ1n) is 3.66. The van der Waals surface area contributed by atoms with E-state index in [0.717, 1.165) is 19.3 Å². The minimum atomic E-state index is -0.594. The molecule has 0 heterocycles. The van der Waals surface area contributed by atoms with Gasteiger partial charge in [-0.25, -0.2) is 4.39 Å². The Morgan fingerprint density at radius 1 is 1.30 bits per heavy atom. The molecule has 1 aliphatic carbocycles. The van der Waals surface area contributed by atoms with Crippen LogP contribution >= 0.6 is 12.4 Å². The highest BCUT2D eigenvalue weighted by molar-refractivity contribution is 5.85. The molecular formula is C7H15ClFN. The van der Waals surface area contributed by atoms with Crippen LogP contribution in [0.3, 0.4) is 0 Å². The summed E-state index contributed by atoms with van der Waals surface area (Å²) < 4.78 is 12.8. The second-order valence-electron chi connectivity index (χ2n) is 2.70. The molecule has 0 aromatic rings. The summed E-state index contributed by atoms with van der Waals surface area (Å²) in [5.41, 5.74) is 0. The predicted molar refractivity (Wildman–Crippen MR) is 43.5 cm³/mol. The highest BCUT2D eigenvalue weighted by Crippen LogP contribution is 2.20. The van der Waals surface area contributed by atoms with E-state index in [1.807, 2.05) is 7.05 Å². The van der Waals surface area contributed by atoms with Crippen molar-refractivity contribution in [1.29, 1.82) is 0 Å². The molecule has 0 aliphatic heterocycles. The molecule has 0 aromatic carbocycles. The third-order valence-corrected chi connectivity index (χ3v) is 2.05. The van der Waals surface area contributed by atoms with Gasteiger partial charge >= 0.3 is 0 Å². The van der Waals surface area contributed by atoms with Crippen LogP contribution < -0.4 is 5.32 Å². The van der Waals surface area contributed by atoms with Crippen LogP contribution in [-0.2, 0) is 0 Å². The highest BCUT2D eigenvalue weighted by Gasteiger charge is 2.22. The topological polar surface area (TPSA) is 12.0 Å². The maximum atomic E-state index is 12.8. The molecule has 0 bridgehead atoms. The summed E-state index contributed by atoms with van der Waals surface area (Å²) >= 11 is 0. The molecule has 0 radical (unpaired) electrons. The molecule has 1 fully saturated rings. The van der Waals surface area contributed by atoms with Crippen molar-refractivity contribution in [2.75, 3.05) is 7.05 Å². The highest BCUT2D eigenvalue weighted by atomic mass is 35.5. The average Bonchev–Trinajstić information content (AvgIpc) is 1.89. The van der Waals surface area contributed by atoms with Crippen molar-refractivity contribution in [1.82, 2.24) is 5.32 Å². The SMILES string of the molecule is CNC1CCCCC1F.Cl. The molecule has 62 valence electrons. The van der Waals surface area contributed by atoms with Gasteiger partial charge in [0.1, 0.15) is 6.17 Å². The minimum Gasteiger partial charge on any atom is -0.314 e. The van der Waals surface area contributed by atoms with Crippen LogP contribution in [0.4, 0.5) is 4.39 Å². The first-order chi connectivity index (χ1) is 4.34. The summed E-state index contributed by atoms with van der Waals surface area (Å²) in [4.78, 5) is 0. The summed E-state index contributed by atoms with van der Waals surface area (Å²) in [5, 5.41) is 2.98. The van der Waals surface area contributed by atoms with Crippen molar-refractivity contribution in [3.63, 3.8) is 0 Å². The Labute approximate surface area is 67.8 Å². The lowest BCUT2D eigenvalue weighted by molar-refractivity contribution is 0.196. The Morgan fingerprint density at radius 3 is 2.30 bits per heavy atom. The van der Waals surface area contributed by atoms with Gasteiger partial charge in [0.15, 0.2) is 0 Å². The van der Waals surface area contributed by atoms with Gasteiger partial charge in [-0.15, -0.1) is 12.4 Å². The number of alkyl halides is 1.